The van der Waals surface area contributed by atoms with Gasteiger partial charge in [0, 0.05) is 6.42 Å². The monoisotopic (exact) mass is 136 g/mol. The van der Waals surface area contributed by atoms with Crippen molar-refractivity contribution in [1.82, 2.24) is 0 Å². The predicted octanol–water partition coefficient (Wildman–Crippen LogP) is -0.861. The summed E-state index contributed by atoms with van der Waals surface area (Å²) < 4.78 is 13.8. The first-order valence-electron chi connectivity index (χ1n) is 2.24. The Labute approximate surface area is 48.6 Å². The first-order valence-corrected chi connectivity index (χ1v) is 3.50. The minimum atomic E-state index is -2.95. The van der Waals surface area contributed by atoms with Gasteiger partial charge < -0.3 is 14.3 Å². The zero-order chi connectivity index (χ0) is 6.57. The zero-order valence-corrected chi connectivity index (χ0v) is 5.50. The van der Waals surface area contributed by atoms with Crippen LogP contribution >= 0.6 is 0 Å². The molecule has 0 spiro atoms. The molecular weight excluding hydrogens is 128 g/mol. The molecule has 2 N–H and O–H groups in total. The van der Waals surface area contributed by atoms with E-state index in [1.165, 1.54) is 0 Å². The summed E-state index contributed by atoms with van der Waals surface area (Å²) in [7, 11) is -2.95. The molecule has 8 heavy (non-hydrogen) atoms. The smallest absolute Gasteiger partial charge is 0.511 e. The number of hydrogen-bond acceptors (Lipinski definition) is 3. The molecule has 0 heterocycles. The highest BCUT2D eigenvalue weighted by Crippen LogP contribution is 1.89. The highest BCUT2D eigenvalue weighted by atomic mass is 28.3. The van der Waals surface area contributed by atoms with Crippen LogP contribution in [0.3, 0.4) is 0 Å². The van der Waals surface area contributed by atoms with Crippen molar-refractivity contribution < 1.29 is 18.8 Å². The first-order chi connectivity index (χ1) is 3.66. The van der Waals surface area contributed by atoms with Crippen molar-refractivity contribution in [3.8, 4) is 0 Å². The van der Waals surface area contributed by atoms with Crippen molar-refractivity contribution >= 4 is 9.17 Å². The van der Waals surface area contributed by atoms with Crippen LogP contribution in [0.2, 0.25) is 0 Å². The molecule has 0 aliphatic rings. The molecule has 4 nitrogen and oxygen atoms in total. The van der Waals surface area contributed by atoms with Gasteiger partial charge >= 0.3 is 9.17 Å². The van der Waals surface area contributed by atoms with E-state index in [0.29, 0.717) is 6.42 Å². The van der Waals surface area contributed by atoms with Gasteiger partial charge in [-0.1, -0.05) is 6.92 Å². The van der Waals surface area contributed by atoms with Crippen LogP contribution < -0.4 is 0 Å². The highest BCUT2D eigenvalue weighted by molar-refractivity contribution is 6.24. The third kappa shape index (κ3) is 3.76. The van der Waals surface area contributed by atoms with Crippen LogP contribution in [0.5, 0.6) is 0 Å². The second-order valence-electron chi connectivity index (χ2n) is 1.25. The van der Waals surface area contributed by atoms with E-state index < -0.39 is 15.5 Å². The van der Waals surface area contributed by atoms with Crippen LogP contribution in [0.25, 0.3) is 0 Å². The van der Waals surface area contributed by atoms with E-state index >= 15 is 0 Å². The van der Waals surface area contributed by atoms with Crippen LogP contribution in [-0.2, 0) is 8.89 Å². The van der Waals surface area contributed by atoms with Crippen molar-refractivity contribution in [1.29, 1.82) is 0 Å². The fourth-order valence-electron chi connectivity index (χ4n) is 0.200. The van der Waals surface area contributed by atoms with Crippen molar-refractivity contribution in [3.63, 3.8) is 0 Å². The third-order valence-corrected chi connectivity index (χ3v) is 1.06. The Morgan fingerprint density at radius 3 is 2.50 bits per heavy atom. The zero-order valence-electron chi connectivity index (χ0n) is 4.50. The second kappa shape index (κ2) is 3.56. The maximum atomic E-state index is 9.77. The summed E-state index contributed by atoms with van der Waals surface area (Å²) in [6.45, 7) is 1.65. The molecule has 48 valence electrons. The summed E-state index contributed by atoms with van der Waals surface area (Å²) in [5, 5.41) is 8.47. The standard InChI is InChI=1S/C3H8O4Si/c1-2-3(4)7-8(5)6/h3-5H,2H2,1H3. The van der Waals surface area contributed by atoms with Crippen LogP contribution in [0.1, 0.15) is 13.3 Å². The lowest BCUT2D eigenvalue weighted by Gasteiger charge is -2.03. The van der Waals surface area contributed by atoms with Gasteiger partial charge in [-0.3, -0.25) is 4.46 Å². The van der Waals surface area contributed by atoms with E-state index in [0.717, 1.165) is 0 Å². The number of rotatable bonds is 3. The predicted molar refractivity (Wildman–Crippen MR) is 26.0 cm³/mol. The minimum Gasteiger partial charge on any atom is -0.511 e. The topological polar surface area (TPSA) is 66.8 Å². The van der Waals surface area contributed by atoms with Crippen molar-refractivity contribution in [2.75, 3.05) is 0 Å². The summed E-state index contributed by atoms with van der Waals surface area (Å²) in [6, 6.07) is 0. The normalized spacial score (nSPS) is 12.8. The number of hydrogen-bond donors (Lipinski definition) is 2. The van der Waals surface area contributed by atoms with Crippen LogP contribution in [-0.4, -0.2) is 25.4 Å². The molecular formula is C3H8O4Si. The van der Waals surface area contributed by atoms with Gasteiger partial charge in [-0.15, -0.1) is 0 Å². The van der Waals surface area contributed by atoms with Gasteiger partial charge in [-0.05, 0) is 0 Å². The van der Waals surface area contributed by atoms with Gasteiger partial charge in [0.05, 0.1) is 0 Å². The summed E-state index contributed by atoms with van der Waals surface area (Å²) >= 11 is 0. The van der Waals surface area contributed by atoms with E-state index in [1.807, 2.05) is 0 Å². The molecule has 0 aliphatic heterocycles. The summed E-state index contributed by atoms with van der Waals surface area (Å²) in [6.07, 6.45) is -0.761. The van der Waals surface area contributed by atoms with Gasteiger partial charge in [0.25, 0.3) is 0 Å². The first kappa shape index (κ1) is 7.58. The lowest BCUT2D eigenvalue weighted by Crippen LogP contribution is -2.17. The Kier molecular flexibility index (Phi) is 3.37. The fourth-order valence-corrected chi connectivity index (χ4v) is 0.599. The van der Waals surface area contributed by atoms with Gasteiger partial charge in [0.1, 0.15) is 0 Å². The Hall–Kier alpha value is -0.423. The summed E-state index contributed by atoms with van der Waals surface area (Å²) in [5.74, 6) is 0. The molecule has 0 rings (SSSR count). The molecule has 0 fully saturated rings. The molecule has 0 aromatic carbocycles. The quantitative estimate of drug-likeness (QED) is 0.391. The molecule has 0 radical (unpaired) electrons. The van der Waals surface area contributed by atoms with Crippen molar-refractivity contribution in [2.45, 2.75) is 19.6 Å². The Balaban J connectivity index is 3.24. The molecule has 0 aliphatic carbocycles. The largest absolute Gasteiger partial charge is 0.766 e. The average Bonchev–Trinajstić information content (AvgIpc) is 1.65. The third-order valence-electron chi connectivity index (χ3n) is 0.586. The summed E-state index contributed by atoms with van der Waals surface area (Å²) in [4.78, 5) is 8.02. The number of aliphatic hydroxyl groups excluding tert-OH is 1. The molecule has 0 amide bonds. The molecule has 1 unspecified atom stereocenters. The van der Waals surface area contributed by atoms with Crippen molar-refractivity contribution in [3.05, 3.63) is 0 Å². The van der Waals surface area contributed by atoms with E-state index in [-0.39, 0.29) is 0 Å². The van der Waals surface area contributed by atoms with Crippen LogP contribution in [0.15, 0.2) is 0 Å². The maximum Gasteiger partial charge on any atom is 0.766 e. The van der Waals surface area contributed by atoms with Gasteiger partial charge in [-0.25, -0.2) is 0 Å². The van der Waals surface area contributed by atoms with Crippen LogP contribution in [0.4, 0.5) is 0 Å². The molecule has 0 saturated carbocycles. The van der Waals surface area contributed by atoms with E-state index in [9.17, 15) is 4.46 Å². The van der Waals surface area contributed by atoms with Crippen LogP contribution in [0, 0.1) is 0 Å². The second-order valence-corrected chi connectivity index (χ2v) is 2.01. The highest BCUT2D eigenvalue weighted by Gasteiger charge is 2.08. The van der Waals surface area contributed by atoms with Crippen molar-refractivity contribution in [2.24, 2.45) is 0 Å². The average molecular weight is 136 g/mol. The van der Waals surface area contributed by atoms with Gasteiger partial charge in [-0.2, -0.15) is 0 Å². The molecule has 0 saturated heterocycles. The minimum absolute atomic E-state index is 0.330. The van der Waals surface area contributed by atoms with E-state index in [4.69, 9.17) is 9.90 Å². The van der Waals surface area contributed by atoms with Gasteiger partial charge in [0.2, 0.25) is 0 Å². The molecule has 1 atom stereocenters. The summed E-state index contributed by atoms with van der Waals surface area (Å²) in [5.41, 5.74) is 0. The fraction of sp³-hybridized carbons (Fsp3) is 1.00. The Morgan fingerprint density at radius 2 is 2.38 bits per heavy atom. The Bertz CT molecular complexity index is 83.4. The lowest BCUT2D eigenvalue weighted by atomic mass is 10.5. The molecule has 0 aromatic rings. The molecule has 0 bridgehead atoms. The number of aliphatic hydroxyl groups is 1. The lowest BCUT2D eigenvalue weighted by molar-refractivity contribution is -0.0383. The van der Waals surface area contributed by atoms with E-state index in [2.05, 4.69) is 4.43 Å². The SMILES string of the molecule is CCC(O)O[Si](=O)O. The molecule has 0 aromatic heterocycles. The van der Waals surface area contributed by atoms with E-state index in [1.54, 1.807) is 6.92 Å². The van der Waals surface area contributed by atoms with Gasteiger partial charge in [0.15, 0.2) is 6.29 Å². The molecule has 5 heteroatoms. The Morgan fingerprint density at radius 1 is 1.88 bits per heavy atom. The maximum absolute atomic E-state index is 9.77.